The third-order valence-electron chi connectivity index (χ3n) is 0.673. The van der Waals surface area contributed by atoms with Crippen LogP contribution in [-0.2, 0) is 0 Å². The molecule has 0 saturated heterocycles. The largest absolute Gasteiger partial charge is 0.306 e. The molecule has 0 amide bonds. The van der Waals surface area contributed by atoms with Crippen LogP contribution in [0, 0.1) is 0 Å². The molecule has 0 fully saturated rings. The van der Waals surface area contributed by atoms with E-state index in [1.165, 1.54) is 0 Å². The zero-order valence-electron chi connectivity index (χ0n) is 3.94. The summed E-state index contributed by atoms with van der Waals surface area (Å²) in [4.78, 5) is 3.84. The normalized spacial score (nSPS) is 19.1. The standard InChI is InChI=1S/C4H7N3/c1-4-5-2-3-6-7-4/h2,6-7H,1,3H2. The van der Waals surface area contributed by atoms with Gasteiger partial charge in [0.15, 0.2) is 0 Å². The Hall–Kier alpha value is -0.830. The lowest BCUT2D eigenvalue weighted by atomic mass is 10.6. The topological polar surface area (TPSA) is 36.4 Å². The van der Waals surface area contributed by atoms with E-state index in [0.29, 0.717) is 5.82 Å². The Labute approximate surface area is 42.1 Å². The first kappa shape index (κ1) is 4.33. The van der Waals surface area contributed by atoms with Gasteiger partial charge < -0.3 is 5.43 Å². The summed E-state index contributed by atoms with van der Waals surface area (Å²) in [5.41, 5.74) is 5.58. The van der Waals surface area contributed by atoms with Crippen molar-refractivity contribution in [1.29, 1.82) is 0 Å². The van der Waals surface area contributed by atoms with Gasteiger partial charge in [-0.25, -0.2) is 10.4 Å². The molecule has 1 heterocycles. The summed E-state index contributed by atoms with van der Waals surface area (Å²) in [6.07, 6.45) is 1.76. The van der Waals surface area contributed by atoms with Crippen LogP contribution in [0.5, 0.6) is 0 Å². The van der Waals surface area contributed by atoms with Crippen LogP contribution in [-0.4, -0.2) is 12.8 Å². The average Bonchev–Trinajstić information content (AvgIpc) is 1.69. The van der Waals surface area contributed by atoms with Crippen molar-refractivity contribution in [3.8, 4) is 0 Å². The highest BCUT2D eigenvalue weighted by Gasteiger charge is 1.89. The van der Waals surface area contributed by atoms with Crippen LogP contribution in [0.1, 0.15) is 0 Å². The third kappa shape index (κ3) is 1.01. The number of nitrogens with zero attached hydrogens (tertiary/aromatic N) is 1. The summed E-state index contributed by atoms with van der Waals surface area (Å²) < 4.78 is 0. The summed E-state index contributed by atoms with van der Waals surface area (Å²) >= 11 is 0. The molecule has 3 heteroatoms. The minimum absolute atomic E-state index is 0.672. The Balaban J connectivity index is 2.51. The van der Waals surface area contributed by atoms with Crippen LogP contribution in [0.15, 0.2) is 17.4 Å². The first-order valence-corrected chi connectivity index (χ1v) is 2.10. The first-order chi connectivity index (χ1) is 3.39. The fourth-order valence-corrected chi connectivity index (χ4v) is 0.387. The van der Waals surface area contributed by atoms with E-state index in [-0.39, 0.29) is 0 Å². The third-order valence-corrected chi connectivity index (χ3v) is 0.673. The van der Waals surface area contributed by atoms with E-state index >= 15 is 0 Å². The number of aliphatic imine (C=N–C) groups is 1. The molecule has 0 radical (unpaired) electrons. The maximum absolute atomic E-state index is 3.84. The van der Waals surface area contributed by atoms with Crippen LogP contribution < -0.4 is 10.9 Å². The van der Waals surface area contributed by atoms with Crippen molar-refractivity contribution >= 4 is 6.21 Å². The Bertz CT molecular complexity index is 106. The molecule has 0 aromatic heterocycles. The summed E-state index contributed by atoms with van der Waals surface area (Å²) in [6.45, 7) is 4.32. The number of hydrazine groups is 1. The Kier molecular flexibility index (Phi) is 1.08. The highest BCUT2D eigenvalue weighted by Crippen LogP contribution is 1.82. The molecular weight excluding hydrogens is 90.1 g/mol. The minimum Gasteiger partial charge on any atom is -0.306 e. The molecule has 0 spiro atoms. The lowest BCUT2D eigenvalue weighted by Crippen LogP contribution is -2.34. The van der Waals surface area contributed by atoms with E-state index in [9.17, 15) is 0 Å². The monoisotopic (exact) mass is 97.1 g/mol. The lowest BCUT2D eigenvalue weighted by molar-refractivity contribution is 0.642. The fraction of sp³-hybridized carbons (Fsp3) is 0.250. The van der Waals surface area contributed by atoms with Crippen molar-refractivity contribution in [3.63, 3.8) is 0 Å². The second-order valence-corrected chi connectivity index (χ2v) is 1.26. The Morgan fingerprint density at radius 2 is 2.71 bits per heavy atom. The van der Waals surface area contributed by atoms with Crippen LogP contribution in [0.4, 0.5) is 0 Å². The molecule has 1 rings (SSSR count). The minimum atomic E-state index is 0.672. The van der Waals surface area contributed by atoms with E-state index in [1.54, 1.807) is 6.21 Å². The average molecular weight is 97.1 g/mol. The molecule has 0 bridgehead atoms. The second-order valence-electron chi connectivity index (χ2n) is 1.26. The predicted octanol–water partition coefficient (Wildman–Crippen LogP) is -0.364. The zero-order valence-corrected chi connectivity index (χ0v) is 3.94. The van der Waals surface area contributed by atoms with Gasteiger partial charge in [0, 0.05) is 6.21 Å². The smallest absolute Gasteiger partial charge is 0.132 e. The van der Waals surface area contributed by atoms with Crippen LogP contribution in [0.2, 0.25) is 0 Å². The lowest BCUT2D eigenvalue weighted by Gasteiger charge is -2.08. The maximum atomic E-state index is 3.84. The van der Waals surface area contributed by atoms with Gasteiger partial charge >= 0.3 is 0 Å². The van der Waals surface area contributed by atoms with Crippen molar-refractivity contribution in [2.75, 3.05) is 6.54 Å². The highest BCUT2D eigenvalue weighted by molar-refractivity contribution is 5.61. The molecule has 2 N–H and O–H groups in total. The molecule has 0 atom stereocenters. The van der Waals surface area contributed by atoms with Crippen LogP contribution in [0.25, 0.3) is 0 Å². The van der Waals surface area contributed by atoms with Crippen molar-refractivity contribution in [2.45, 2.75) is 0 Å². The molecule has 3 nitrogen and oxygen atoms in total. The molecular formula is C4H7N3. The van der Waals surface area contributed by atoms with Gasteiger partial charge in [-0.2, -0.15) is 0 Å². The number of rotatable bonds is 0. The number of hydrogen-bond acceptors (Lipinski definition) is 3. The summed E-state index contributed by atoms with van der Waals surface area (Å²) in [6, 6.07) is 0. The van der Waals surface area contributed by atoms with Crippen molar-refractivity contribution in [2.24, 2.45) is 4.99 Å². The molecule has 0 saturated carbocycles. The van der Waals surface area contributed by atoms with E-state index in [0.717, 1.165) is 6.54 Å². The van der Waals surface area contributed by atoms with Gasteiger partial charge in [-0.3, -0.25) is 0 Å². The van der Waals surface area contributed by atoms with Crippen LogP contribution >= 0.6 is 0 Å². The van der Waals surface area contributed by atoms with Crippen molar-refractivity contribution in [3.05, 3.63) is 12.4 Å². The first-order valence-electron chi connectivity index (χ1n) is 2.10. The molecule has 1 aliphatic rings. The van der Waals surface area contributed by atoms with Gasteiger partial charge in [0.05, 0.1) is 6.54 Å². The summed E-state index contributed by atoms with van der Waals surface area (Å²) in [5.74, 6) is 0.672. The van der Waals surface area contributed by atoms with Gasteiger partial charge in [0.1, 0.15) is 5.82 Å². The zero-order chi connectivity index (χ0) is 5.11. The highest BCUT2D eigenvalue weighted by atomic mass is 15.4. The quantitative estimate of drug-likeness (QED) is 0.433. The molecule has 0 unspecified atom stereocenters. The van der Waals surface area contributed by atoms with E-state index in [4.69, 9.17) is 0 Å². The Morgan fingerprint density at radius 1 is 1.86 bits per heavy atom. The molecule has 1 aliphatic heterocycles. The summed E-state index contributed by atoms with van der Waals surface area (Å²) in [7, 11) is 0. The van der Waals surface area contributed by atoms with Crippen molar-refractivity contribution < 1.29 is 0 Å². The number of nitrogens with one attached hydrogen (secondary N) is 2. The predicted molar refractivity (Wildman–Crippen MR) is 28.8 cm³/mol. The fourth-order valence-electron chi connectivity index (χ4n) is 0.387. The summed E-state index contributed by atoms with van der Waals surface area (Å²) in [5, 5.41) is 0. The SMILES string of the molecule is C=C1N=CCNN1. The van der Waals surface area contributed by atoms with Crippen LogP contribution in [0.3, 0.4) is 0 Å². The van der Waals surface area contributed by atoms with Gasteiger partial charge in [0.25, 0.3) is 0 Å². The van der Waals surface area contributed by atoms with E-state index < -0.39 is 0 Å². The maximum Gasteiger partial charge on any atom is 0.132 e. The molecule has 0 aromatic rings. The molecule has 38 valence electrons. The second kappa shape index (κ2) is 1.75. The molecule has 0 aromatic carbocycles. The van der Waals surface area contributed by atoms with Gasteiger partial charge in [-0.15, -0.1) is 0 Å². The van der Waals surface area contributed by atoms with Gasteiger partial charge in [-0.1, -0.05) is 6.58 Å². The van der Waals surface area contributed by atoms with Crippen molar-refractivity contribution in [1.82, 2.24) is 10.9 Å². The van der Waals surface area contributed by atoms with E-state index in [2.05, 4.69) is 22.4 Å². The van der Waals surface area contributed by atoms with Gasteiger partial charge in [-0.05, 0) is 0 Å². The molecule has 0 aliphatic carbocycles. The van der Waals surface area contributed by atoms with Gasteiger partial charge in [0.2, 0.25) is 0 Å². The Morgan fingerprint density at radius 3 is 3.00 bits per heavy atom. The number of hydrogen-bond donors (Lipinski definition) is 2. The molecule has 7 heavy (non-hydrogen) atoms. The van der Waals surface area contributed by atoms with E-state index in [1.807, 2.05) is 0 Å².